The zero-order valence-corrected chi connectivity index (χ0v) is 8.62. The van der Waals surface area contributed by atoms with E-state index in [9.17, 15) is 4.79 Å². The second-order valence-corrected chi connectivity index (χ2v) is 3.52. The molecule has 1 aromatic carbocycles. The number of Topliss-reactive ketones (excluding diaryl/α,β-unsaturated/α-hetero) is 1. The van der Waals surface area contributed by atoms with Crippen molar-refractivity contribution in [3.63, 3.8) is 0 Å². The summed E-state index contributed by atoms with van der Waals surface area (Å²) in [6.07, 6.45) is 0. The Morgan fingerprint density at radius 3 is 2.46 bits per heavy atom. The number of aryl methyl sites for hydroxylation is 1. The average molecular weight is 218 g/mol. The van der Waals surface area contributed by atoms with Crippen LogP contribution in [0.1, 0.15) is 15.9 Å². The van der Waals surface area contributed by atoms with E-state index in [1.165, 1.54) is 0 Å². The van der Waals surface area contributed by atoms with Crippen molar-refractivity contribution >= 4 is 29.0 Å². The molecule has 13 heavy (non-hydrogen) atoms. The molecular formula is C9H9Cl2NO. The number of halogens is 2. The third-order valence-electron chi connectivity index (χ3n) is 1.75. The number of hydrogen-bond acceptors (Lipinski definition) is 2. The van der Waals surface area contributed by atoms with Gasteiger partial charge in [-0.3, -0.25) is 4.79 Å². The van der Waals surface area contributed by atoms with Crippen LogP contribution >= 0.6 is 23.2 Å². The van der Waals surface area contributed by atoms with Gasteiger partial charge in [0.05, 0.1) is 16.6 Å². The molecule has 0 amide bonds. The van der Waals surface area contributed by atoms with Crippen LogP contribution in [0.5, 0.6) is 0 Å². The lowest BCUT2D eigenvalue weighted by molar-refractivity contribution is 0.100. The first-order valence-electron chi connectivity index (χ1n) is 3.75. The number of carbonyl (C=O) groups excluding carboxylic acids is 1. The Morgan fingerprint density at radius 1 is 1.38 bits per heavy atom. The van der Waals surface area contributed by atoms with Crippen molar-refractivity contribution in [2.75, 3.05) is 6.54 Å². The van der Waals surface area contributed by atoms with Crippen LogP contribution in [0.15, 0.2) is 12.1 Å². The Bertz CT molecular complexity index is 350. The largest absolute Gasteiger partial charge is 0.324 e. The third kappa shape index (κ3) is 2.21. The van der Waals surface area contributed by atoms with Gasteiger partial charge >= 0.3 is 0 Å². The number of hydrogen-bond donors (Lipinski definition) is 1. The van der Waals surface area contributed by atoms with Crippen molar-refractivity contribution in [1.29, 1.82) is 0 Å². The summed E-state index contributed by atoms with van der Waals surface area (Å²) in [5.41, 5.74) is 6.57. The minimum Gasteiger partial charge on any atom is -0.324 e. The molecule has 0 fully saturated rings. The fourth-order valence-corrected chi connectivity index (χ4v) is 1.44. The second kappa shape index (κ2) is 4.09. The quantitative estimate of drug-likeness (QED) is 0.774. The highest BCUT2D eigenvalue weighted by Gasteiger charge is 2.09. The van der Waals surface area contributed by atoms with E-state index >= 15 is 0 Å². The maximum atomic E-state index is 11.3. The average Bonchev–Trinajstić information content (AvgIpc) is 2.10. The third-order valence-corrected chi connectivity index (χ3v) is 2.48. The van der Waals surface area contributed by atoms with E-state index in [1.54, 1.807) is 19.1 Å². The van der Waals surface area contributed by atoms with E-state index in [2.05, 4.69) is 0 Å². The van der Waals surface area contributed by atoms with E-state index in [0.717, 1.165) is 5.56 Å². The minimum absolute atomic E-state index is 0.0151. The normalized spacial score (nSPS) is 10.2. The molecule has 0 aliphatic carbocycles. The van der Waals surface area contributed by atoms with Crippen LogP contribution < -0.4 is 5.73 Å². The summed E-state index contributed by atoms with van der Waals surface area (Å²) in [6.45, 7) is 1.78. The van der Waals surface area contributed by atoms with Crippen LogP contribution in [-0.2, 0) is 0 Å². The fraction of sp³-hybridized carbons (Fsp3) is 0.222. The predicted molar refractivity (Wildman–Crippen MR) is 54.6 cm³/mol. The number of ketones is 1. The summed E-state index contributed by atoms with van der Waals surface area (Å²) < 4.78 is 0. The molecule has 0 heterocycles. The van der Waals surface area contributed by atoms with Crippen molar-refractivity contribution in [3.05, 3.63) is 33.3 Å². The lowest BCUT2D eigenvalue weighted by atomic mass is 10.1. The highest BCUT2D eigenvalue weighted by molar-refractivity contribution is 6.42. The molecule has 70 valence electrons. The summed E-state index contributed by atoms with van der Waals surface area (Å²) >= 11 is 11.5. The lowest BCUT2D eigenvalue weighted by Gasteiger charge is -2.04. The van der Waals surface area contributed by atoms with Crippen molar-refractivity contribution in [2.24, 2.45) is 5.73 Å². The van der Waals surface area contributed by atoms with Gasteiger partial charge in [-0.15, -0.1) is 0 Å². The summed E-state index contributed by atoms with van der Waals surface area (Å²) in [5, 5.41) is 0.830. The van der Waals surface area contributed by atoms with Gasteiger partial charge in [-0.05, 0) is 24.6 Å². The number of rotatable bonds is 2. The molecule has 0 aromatic heterocycles. The SMILES string of the molecule is Cc1cc(Cl)c(Cl)cc1C(=O)CN. The van der Waals surface area contributed by atoms with Gasteiger partial charge in [-0.25, -0.2) is 0 Å². The standard InChI is InChI=1S/C9H9Cl2NO/c1-5-2-7(10)8(11)3-6(5)9(13)4-12/h2-3H,4,12H2,1H3. The van der Waals surface area contributed by atoms with Crippen LogP contribution in [0.2, 0.25) is 10.0 Å². The summed E-state index contributed by atoms with van der Waals surface area (Å²) in [4.78, 5) is 11.3. The van der Waals surface area contributed by atoms with Gasteiger partial charge in [-0.2, -0.15) is 0 Å². The van der Waals surface area contributed by atoms with E-state index < -0.39 is 0 Å². The van der Waals surface area contributed by atoms with Crippen molar-refractivity contribution in [3.8, 4) is 0 Å². The first-order valence-corrected chi connectivity index (χ1v) is 4.50. The van der Waals surface area contributed by atoms with Crippen LogP contribution in [0, 0.1) is 6.92 Å². The van der Waals surface area contributed by atoms with E-state index in [0.29, 0.717) is 15.6 Å². The van der Waals surface area contributed by atoms with E-state index in [4.69, 9.17) is 28.9 Å². The van der Waals surface area contributed by atoms with Gasteiger partial charge in [0.1, 0.15) is 0 Å². The molecule has 2 nitrogen and oxygen atoms in total. The molecule has 0 saturated heterocycles. The Labute approximate surface area is 86.6 Å². The number of nitrogens with two attached hydrogens (primary N) is 1. The van der Waals surface area contributed by atoms with E-state index in [-0.39, 0.29) is 12.3 Å². The van der Waals surface area contributed by atoms with Crippen LogP contribution in [0.25, 0.3) is 0 Å². The zero-order chi connectivity index (χ0) is 10.0. The predicted octanol–water partition coefficient (Wildman–Crippen LogP) is 2.44. The van der Waals surface area contributed by atoms with Crippen molar-refractivity contribution in [1.82, 2.24) is 0 Å². The molecule has 0 saturated carbocycles. The van der Waals surface area contributed by atoms with Gasteiger partial charge in [0.25, 0.3) is 0 Å². The Morgan fingerprint density at radius 2 is 1.92 bits per heavy atom. The molecule has 0 atom stereocenters. The minimum atomic E-state index is -0.129. The van der Waals surface area contributed by atoms with Crippen LogP contribution in [-0.4, -0.2) is 12.3 Å². The number of benzene rings is 1. The summed E-state index contributed by atoms with van der Waals surface area (Å²) in [5.74, 6) is -0.129. The Kier molecular flexibility index (Phi) is 3.31. The summed E-state index contributed by atoms with van der Waals surface area (Å²) in [6, 6.07) is 3.21. The van der Waals surface area contributed by atoms with Gasteiger partial charge < -0.3 is 5.73 Å². The molecule has 2 N–H and O–H groups in total. The molecule has 1 aromatic rings. The Hall–Kier alpha value is -0.570. The molecule has 0 aliphatic heterocycles. The summed E-state index contributed by atoms with van der Waals surface area (Å²) in [7, 11) is 0. The molecule has 0 aliphatic rings. The van der Waals surface area contributed by atoms with Gasteiger partial charge in [-0.1, -0.05) is 23.2 Å². The molecule has 1 rings (SSSR count). The van der Waals surface area contributed by atoms with Crippen molar-refractivity contribution in [2.45, 2.75) is 6.92 Å². The zero-order valence-electron chi connectivity index (χ0n) is 7.10. The van der Waals surface area contributed by atoms with E-state index in [1.807, 2.05) is 0 Å². The van der Waals surface area contributed by atoms with Crippen molar-refractivity contribution < 1.29 is 4.79 Å². The topological polar surface area (TPSA) is 43.1 Å². The molecule has 0 spiro atoms. The molecule has 0 bridgehead atoms. The molecular weight excluding hydrogens is 209 g/mol. The molecule has 0 unspecified atom stereocenters. The molecule has 0 radical (unpaired) electrons. The van der Waals surface area contributed by atoms with Gasteiger partial charge in [0.2, 0.25) is 0 Å². The first kappa shape index (κ1) is 10.5. The lowest BCUT2D eigenvalue weighted by Crippen LogP contribution is -2.14. The number of carbonyl (C=O) groups is 1. The first-order chi connectivity index (χ1) is 6.06. The second-order valence-electron chi connectivity index (χ2n) is 2.71. The fourth-order valence-electron chi connectivity index (χ4n) is 1.06. The molecule has 4 heteroatoms. The van der Waals surface area contributed by atoms with Crippen LogP contribution in [0.3, 0.4) is 0 Å². The monoisotopic (exact) mass is 217 g/mol. The Balaban J connectivity index is 3.23. The highest BCUT2D eigenvalue weighted by Crippen LogP contribution is 2.25. The maximum absolute atomic E-state index is 11.3. The maximum Gasteiger partial charge on any atom is 0.176 e. The highest BCUT2D eigenvalue weighted by atomic mass is 35.5. The van der Waals surface area contributed by atoms with Gasteiger partial charge in [0, 0.05) is 5.56 Å². The smallest absolute Gasteiger partial charge is 0.176 e. The van der Waals surface area contributed by atoms with Gasteiger partial charge in [0.15, 0.2) is 5.78 Å². The van der Waals surface area contributed by atoms with Crippen LogP contribution in [0.4, 0.5) is 0 Å².